The molecule has 0 aromatic heterocycles. The average Bonchev–Trinajstić information content (AvgIpc) is 2.27. The zero-order valence-corrected chi connectivity index (χ0v) is 11.8. The lowest BCUT2D eigenvalue weighted by molar-refractivity contribution is -0.132. The van der Waals surface area contributed by atoms with Gasteiger partial charge in [0.2, 0.25) is 5.91 Å². The largest absolute Gasteiger partial charge is 0.344 e. The predicted octanol–water partition coefficient (Wildman–Crippen LogP) is 2.06. The number of benzene rings is 1. The van der Waals surface area contributed by atoms with Crippen molar-refractivity contribution in [1.29, 1.82) is 0 Å². The summed E-state index contributed by atoms with van der Waals surface area (Å²) in [5.41, 5.74) is 7.17. The topological polar surface area (TPSA) is 46.3 Å². The molecule has 0 saturated heterocycles. The lowest BCUT2D eigenvalue weighted by Crippen LogP contribution is -2.45. The molecule has 1 rings (SSSR count). The molecule has 0 aliphatic heterocycles. The van der Waals surface area contributed by atoms with E-state index in [0.717, 1.165) is 5.56 Å². The standard InChI is InChI=1S/C15H24N2O/c1-15(2,3)11-17(4)14(18)13(16)10-12-8-6-5-7-9-12/h5-9,13H,10-11,16H2,1-4H3/t13-/m0/s1. The summed E-state index contributed by atoms with van der Waals surface area (Å²) in [4.78, 5) is 13.9. The van der Waals surface area contributed by atoms with E-state index in [9.17, 15) is 4.79 Å². The van der Waals surface area contributed by atoms with E-state index in [0.29, 0.717) is 13.0 Å². The highest BCUT2D eigenvalue weighted by Gasteiger charge is 2.22. The van der Waals surface area contributed by atoms with Crippen LogP contribution in [0.1, 0.15) is 26.3 Å². The Bertz CT molecular complexity index is 381. The molecule has 3 heteroatoms. The molecule has 18 heavy (non-hydrogen) atoms. The predicted molar refractivity (Wildman–Crippen MR) is 75.2 cm³/mol. The van der Waals surface area contributed by atoms with Crippen molar-refractivity contribution in [3.8, 4) is 0 Å². The van der Waals surface area contributed by atoms with Crippen molar-refractivity contribution in [2.75, 3.05) is 13.6 Å². The second-order valence-electron chi connectivity index (χ2n) is 6.05. The number of amides is 1. The van der Waals surface area contributed by atoms with Gasteiger partial charge in [0.1, 0.15) is 0 Å². The second kappa shape index (κ2) is 6.01. The van der Waals surface area contributed by atoms with Crippen LogP contribution in [0.25, 0.3) is 0 Å². The van der Waals surface area contributed by atoms with Crippen LogP contribution in [0.4, 0.5) is 0 Å². The first-order valence-corrected chi connectivity index (χ1v) is 6.34. The third kappa shape index (κ3) is 4.88. The fourth-order valence-corrected chi connectivity index (χ4v) is 2.03. The van der Waals surface area contributed by atoms with Gasteiger partial charge in [-0.2, -0.15) is 0 Å². The zero-order valence-electron chi connectivity index (χ0n) is 11.8. The minimum Gasteiger partial charge on any atom is -0.344 e. The van der Waals surface area contributed by atoms with Gasteiger partial charge in [0.15, 0.2) is 0 Å². The van der Waals surface area contributed by atoms with Crippen molar-refractivity contribution in [3.05, 3.63) is 35.9 Å². The summed E-state index contributed by atoms with van der Waals surface area (Å²) in [6.45, 7) is 7.05. The Labute approximate surface area is 110 Å². The van der Waals surface area contributed by atoms with Gasteiger partial charge < -0.3 is 10.6 Å². The number of nitrogens with two attached hydrogens (primary N) is 1. The van der Waals surface area contributed by atoms with Crippen molar-refractivity contribution in [2.24, 2.45) is 11.1 Å². The average molecular weight is 248 g/mol. The second-order valence-corrected chi connectivity index (χ2v) is 6.05. The van der Waals surface area contributed by atoms with Gasteiger partial charge >= 0.3 is 0 Å². The summed E-state index contributed by atoms with van der Waals surface area (Å²) in [6.07, 6.45) is 0.591. The SMILES string of the molecule is CN(CC(C)(C)C)C(=O)[C@@H](N)Cc1ccccc1. The molecule has 0 saturated carbocycles. The Morgan fingerprint density at radius 1 is 1.28 bits per heavy atom. The van der Waals surface area contributed by atoms with Gasteiger partial charge in [-0.05, 0) is 17.4 Å². The summed E-state index contributed by atoms with van der Waals surface area (Å²) in [7, 11) is 1.82. The maximum absolute atomic E-state index is 12.1. The summed E-state index contributed by atoms with van der Waals surface area (Å²) in [6, 6.07) is 9.42. The third-order valence-electron chi connectivity index (χ3n) is 2.70. The summed E-state index contributed by atoms with van der Waals surface area (Å²) in [5.74, 6) is 0.00813. The Morgan fingerprint density at radius 2 is 1.83 bits per heavy atom. The molecule has 0 heterocycles. The molecular weight excluding hydrogens is 224 g/mol. The van der Waals surface area contributed by atoms with E-state index in [1.165, 1.54) is 0 Å². The van der Waals surface area contributed by atoms with Gasteiger partial charge in [0, 0.05) is 13.6 Å². The van der Waals surface area contributed by atoms with Crippen LogP contribution >= 0.6 is 0 Å². The Morgan fingerprint density at radius 3 is 2.33 bits per heavy atom. The molecule has 0 unspecified atom stereocenters. The fourth-order valence-electron chi connectivity index (χ4n) is 2.03. The van der Waals surface area contributed by atoms with Crippen molar-refractivity contribution >= 4 is 5.91 Å². The Hall–Kier alpha value is -1.35. The van der Waals surface area contributed by atoms with Gasteiger partial charge in [-0.1, -0.05) is 51.1 Å². The minimum atomic E-state index is -0.459. The highest BCUT2D eigenvalue weighted by Crippen LogP contribution is 2.15. The van der Waals surface area contributed by atoms with Crippen molar-refractivity contribution in [3.63, 3.8) is 0 Å². The molecule has 0 fully saturated rings. The molecule has 0 radical (unpaired) electrons. The highest BCUT2D eigenvalue weighted by molar-refractivity contribution is 5.81. The van der Waals surface area contributed by atoms with Crippen molar-refractivity contribution in [1.82, 2.24) is 4.90 Å². The maximum atomic E-state index is 12.1. The van der Waals surface area contributed by atoms with Crippen molar-refractivity contribution < 1.29 is 4.79 Å². The molecule has 2 N–H and O–H groups in total. The third-order valence-corrected chi connectivity index (χ3v) is 2.70. The molecule has 1 aromatic rings. The maximum Gasteiger partial charge on any atom is 0.239 e. The molecule has 1 aromatic carbocycles. The molecule has 0 aliphatic rings. The molecule has 1 atom stereocenters. The molecule has 100 valence electrons. The first kappa shape index (κ1) is 14.7. The van der Waals surface area contributed by atoms with E-state index < -0.39 is 6.04 Å². The van der Waals surface area contributed by atoms with Crippen LogP contribution < -0.4 is 5.73 Å². The molecule has 3 nitrogen and oxygen atoms in total. The molecular formula is C15H24N2O. The number of carbonyl (C=O) groups is 1. The monoisotopic (exact) mass is 248 g/mol. The quantitative estimate of drug-likeness (QED) is 0.886. The van der Waals surface area contributed by atoms with E-state index in [-0.39, 0.29) is 11.3 Å². The number of carbonyl (C=O) groups excluding carboxylic acids is 1. The molecule has 0 aliphatic carbocycles. The number of nitrogens with zero attached hydrogens (tertiary/aromatic N) is 1. The van der Waals surface area contributed by atoms with E-state index >= 15 is 0 Å². The molecule has 1 amide bonds. The summed E-state index contributed by atoms with van der Waals surface area (Å²) >= 11 is 0. The number of hydrogen-bond acceptors (Lipinski definition) is 2. The van der Waals surface area contributed by atoms with Crippen LogP contribution in [-0.2, 0) is 11.2 Å². The van der Waals surface area contributed by atoms with E-state index in [1.807, 2.05) is 37.4 Å². The van der Waals surface area contributed by atoms with Crippen molar-refractivity contribution in [2.45, 2.75) is 33.2 Å². The number of rotatable bonds is 4. The Balaban J connectivity index is 2.56. The zero-order chi connectivity index (χ0) is 13.8. The first-order chi connectivity index (χ1) is 8.29. The van der Waals surface area contributed by atoms with Crippen LogP contribution in [-0.4, -0.2) is 30.4 Å². The molecule has 0 bridgehead atoms. The summed E-state index contributed by atoms with van der Waals surface area (Å²) < 4.78 is 0. The van der Waals surface area contributed by atoms with Crippen LogP contribution in [0, 0.1) is 5.41 Å². The first-order valence-electron chi connectivity index (χ1n) is 6.34. The van der Waals surface area contributed by atoms with E-state index in [4.69, 9.17) is 5.73 Å². The number of likely N-dealkylation sites (N-methyl/N-ethyl adjacent to an activating group) is 1. The van der Waals surface area contributed by atoms with Gasteiger partial charge in [-0.25, -0.2) is 0 Å². The smallest absolute Gasteiger partial charge is 0.239 e. The summed E-state index contributed by atoms with van der Waals surface area (Å²) in [5, 5.41) is 0. The van der Waals surface area contributed by atoms with Crippen LogP contribution in [0.5, 0.6) is 0 Å². The fraction of sp³-hybridized carbons (Fsp3) is 0.533. The molecule has 0 spiro atoms. The van der Waals surface area contributed by atoms with Crippen LogP contribution in [0.2, 0.25) is 0 Å². The van der Waals surface area contributed by atoms with Crippen LogP contribution in [0.3, 0.4) is 0 Å². The normalized spacial score (nSPS) is 13.2. The lowest BCUT2D eigenvalue weighted by atomic mass is 9.95. The minimum absolute atomic E-state index is 0.00813. The van der Waals surface area contributed by atoms with E-state index in [1.54, 1.807) is 4.90 Å². The highest BCUT2D eigenvalue weighted by atomic mass is 16.2. The Kier molecular flexibility index (Phi) is 4.91. The van der Waals surface area contributed by atoms with Gasteiger partial charge in [0.05, 0.1) is 6.04 Å². The van der Waals surface area contributed by atoms with Gasteiger partial charge in [-0.15, -0.1) is 0 Å². The number of hydrogen-bond donors (Lipinski definition) is 1. The van der Waals surface area contributed by atoms with Gasteiger partial charge in [-0.3, -0.25) is 4.79 Å². The van der Waals surface area contributed by atoms with Gasteiger partial charge in [0.25, 0.3) is 0 Å². The van der Waals surface area contributed by atoms with Crippen LogP contribution in [0.15, 0.2) is 30.3 Å². The van der Waals surface area contributed by atoms with E-state index in [2.05, 4.69) is 20.8 Å². The lowest BCUT2D eigenvalue weighted by Gasteiger charge is -2.28.